The Bertz CT molecular complexity index is 500. The number of pyridine rings is 1. The molecule has 1 saturated heterocycles. The SMILES string of the molecule is Cc1ccn2nc(CC3CCCO3)nc2c1. The van der Waals surface area contributed by atoms with Gasteiger partial charge in [-0.3, -0.25) is 0 Å². The van der Waals surface area contributed by atoms with E-state index >= 15 is 0 Å². The van der Waals surface area contributed by atoms with Crippen molar-refractivity contribution in [3.63, 3.8) is 0 Å². The van der Waals surface area contributed by atoms with Crippen LogP contribution < -0.4 is 0 Å². The quantitative estimate of drug-likeness (QED) is 0.769. The van der Waals surface area contributed by atoms with E-state index < -0.39 is 0 Å². The fourth-order valence-electron chi connectivity index (χ4n) is 2.12. The van der Waals surface area contributed by atoms with E-state index in [1.807, 2.05) is 22.8 Å². The summed E-state index contributed by atoms with van der Waals surface area (Å²) >= 11 is 0. The number of rotatable bonds is 2. The van der Waals surface area contributed by atoms with Gasteiger partial charge in [0.1, 0.15) is 0 Å². The van der Waals surface area contributed by atoms with Crippen LogP contribution >= 0.6 is 0 Å². The molecule has 3 heterocycles. The summed E-state index contributed by atoms with van der Waals surface area (Å²) < 4.78 is 7.42. The van der Waals surface area contributed by atoms with Crippen LogP contribution in [-0.4, -0.2) is 27.3 Å². The zero-order valence-electron chi connectivity index (χ0n) is 9.39. The lowest BCUT2D eigenvalue weighted by Crippen LogP contribution is -2.10. The van der Waals surface area contributed by atoms with Crippen LogP contribution in [0.4, 0.5) is 0 Å². The van der Waals surface area contributed by atoms with Gasteiger partial charge in [-0.1, -0.05) is 0 Å². The molecule has 0 saturated carbocycles. The average Bonchev–Trinajstić information content (AvgIpc) is 2.86. The first-order valence-electron chi connectivity index (χ1n) is 5.75. The molecule has 2 aromatic rings. The lowest BCUT2D eigenvalue weighted by molar-refractivity contribution is 0.110. The highest BCUT2D eigenvalue weighted by molar-refractivity contribution is 5.39. The van der Waals surface area contributed by atoms with Gasteiger partial charge >= 0.3 is 0 Å². The van der Waals surface area contributed by atoms with Crippen LogP contribution in [0.5, 0.6) is 0 Å². The Labute approximate surface area is 94.3 Å². The molecular formula is C12H15N3O. The molecule has 4 nitrogen and oxygen atoms in total. The molecule has 0 bridgehead atoms. The Kier molecular flexibility index (Phi) is 2.36. The second-order valence-electron chi connectivity index (χ2n) is 4.37. The van der Waals surface area contributed by atoms with E-state index in [2.05, 4.69) is 17.0 Å². The third-order valence-corrected chi connectivity index (χ3v) is 2.97. The van der Waals surface area contributed by atoms with E-state index in [9.17, 15) is 0 Å². The summed E-state index contributed by atoms with van der Waals surface area (Å²) in [5.74, 6) is 0.887. The highest BCUT2D eigenvalue weighted by Crippen LogP contribution is 2.16. The first-order chi connectivity index (χ1) is 7.81. The van der Waals surface area contributed by atoms with Gasteiger partial charge in [0.25, 0.3) is 0 Å². The molecule has 0 radical (unpaired) electrons. The van der Waals surface area contributed by atoms with E-state index in [1.165, 1.54) is 5.56 Å². The van der Waals surface area contributed by atoms with E-state index in [-0.39, 0.29) is 0 Å². The molecule has 1 aliphatic heterocycles. The van der Waals surface area contributed by atoms with Crippen LogP contribution in [0.25, 0.3) is 5.65 Å². The van der Waals surface area contributed by atoms with Crippen LogP contribution in [0.1, 0.15) is 24.2 Å². The summed E-state index contributed by atoms with van der Waals surface area (Å²) in [6.45, 7) is 2.95. The Hall–Kier alpha value is -1.42. The van der Waals surface area contributed by atoms with Gasteiger partial charge in [0.2, 0.25) is 0 Å². The molecule has 84 valence electrons. The summed E-state index contributed by atoms with van der Waals surface area (Å²) in [5, 5.41) is 4.44. The summed E-state index contributed by atoms with van der Waals surface area (Å²) in [5.41, 5.74) is 2.14. The predicted octanol–water partition coefficient (Wildman–Crippen LogP) is 1.76. The van der Waals surface area contributed by atoms with Gasteiger partial charge in [-0.15, -0.1) is 0 Å². The molecule has 1 atom stereocenters. The lowest BCUT2D eigenvalue weighted by Gasteiger charge is -2.04. The highest BCUT2D eigenvalue weighted by Gasteiger charge is 2.18. The predicted molar refractivity (Wildman–Crippen MR) is 60.4 cm³/mol. The maximum absolute atomic E-state index is 5.59. The van der Waals surface area contributed by atoms with Crippen molar-refractivity contribution in [2.45, 2.75) is 32.3 Å². The maximum Gasteiger partial charge on any atom is 0.155 e. The van der Waals surface area contributed by atoms with Gasteiger partial charge in [-0.05, 0) is 37.5 Å². The number of aryl methyl sites for hydroxylation is 1. The molecule has 0 aromatic carbocycles. The second-order valence-corrected chi connectivity index (χ2v) is 4.37. The topological polar surface area (TPSA) is 39.4 Å². The van der Waals surface area contributed by atoms with Crippen molar-refractivity contribution >= 4 is 5.65 Å². The minimum absolute atomic E-state index is 0.318. The molecule has 0 amide bonds. The zero-order chi connectivity index (χ0) is 11.0. The van der Waals surface area contributed by atoms with Crippen LogP contribution in [0.15, 0.2) is 18.3 Å². The Morgan fingerprint density at radius 3 is 3.31 bits per heavy atom. The average molecular weight is 217 g/mol. The number of fused-ring (bicyclic) bond motifs is 1. The smallest absolute Gasteiger partial charge is 0.155 e. The first-order valence-corrected chi connectivity index (χ1v) is 5.75. The first kappa shape index (κ1) is 9.78. The van der Waals surface area contributed by atoms with Crippen LogP contribution in [-0.2, 0) is 11.2 Å². The number of nitrogens with zero attached hydrogens (tertiary/aromatic N) is 3. The fourth-order valence-corrected chi connectivity index (χ4v) is 2.12. The third-order valence-electron chi connectivity index (χ3n) is 2.97. The molecule has 4 heteroatoms. The molecule has 1 aliphatic rings. The summed E-state index contributed by atoms with van der Waals surface area (Å²) in [6, 6.07) is 4.09. The second kappa shape index (κ2) is 3.87. The largest absolute Gasteiger partial charge is 0.378 e. The lowest BCUT2D eigenvalue weighted by atomic mass is 10.2. The molecule has 1 fully saturated rings. The van der Waals surface area contributed by atoms with Gasteiger partial charge in [0.15, 0.2) is 11.5 Å². The van der Waals surface area contributed by atoms with Gasteiger partial charge in [-0.2, -0.15) is 5.10 Å². The molecule has 0 N–H and O–H groups in total. The fraction of sp³-hybridized carbons (Fsp3) is 0.500. The summed E-state index contributed by atoms with van der Waals surface area (Å²) in [4.78, 5) is 4.51. The molecule has 16 heavy (non-hydrogen) atoms. The number of hydrogen-bond donors (Lipinski definition) is 0. The van der Waals surface area contributed by atoms with Crippen LogP contribution in [0.3, 0.4) is 0 Å². The van der Waals surface area contributed by atoms with Crippen molar-refractivity contribution in [2.24, 2.45) is 0 Å². The number of hydrogen-bond acceptors (Lipinski definition) is 3. The molecule has 2 aromatic heterocycles. The Morgan fingerprint density at radius 2 is 2.50 bits per heavy atom. The normalized spacial score (nSPS) is 20.7. The highest BCUT2D eigenvalue weighted by atomic mass is 16.5. The molecule has 1 unspecified atom stereocenters. The molecule has 0 aliphatic carbocycles. The van der Waals surface area contributed by atoms with Crippen molar-refractivity contribution in [1.82, 2.24) is 14.6 Å². The Morgan fingerprint density at radius 1 is 1.56 bits per heavy atom. The Balaban J connectivity index is 1.86. The van der Waals surface area contributed by atoms with Gasteiger partial charge < -0.3 is 4.74 Å². The monoisotopic (exact) mass is 217 g/mol. The van der Waals surface area contributed by atoms with E-state index in [0.717, 1.165) is 37.3 Å². The number of aromatic nitrogens is 3. The van der Waals surface area contributed by atoms with E-state index in [0.29, 0.717) is 6.10 Å². The van der Waals surface area contributed by atoms with E-state index in [1.54, 1.807) is 0 Å². The molecular weight excluding hydrogens is 202 g/mol. The van der Waals surface area contributed by atoms with Crippen molar-refractivity contribution in [2.75, 3.05) is 6.61 Å². The van der Waals surface area contributed by atoms with Crippen LogP contribution in [0.2, 0.25) is 0 Å². The number of ether oxygens (including phenoxy) is 1. The van der Waals surface area contributed by atoms with Crippen molar-refractivity contribution in [3.05, 3.63) is 29.7 Å². The molecule has 3 rings (SSSR count). The van der Waals surface area contributed by atoms with E-state index in [4.69, 9.17) is 4.74 Å². The maximum atomic E-state index is 5.59. The zero-order valence-corrected chi connectivity index (χ0v) is 9.39. The van der Waals surface area contributed by atoms with Gasteiger partial charge in [-0.25, -0.2) is 9.50 Å². The van der Waals surface area contributed by atoms with Crippen LogP contribution in [0, 0.1) is 6.92 Å². The summed E-state index contributed by atoms with van der Waals surface area (Å²) in [6.07, 6.45) is 5.40. The van der Waals surface area contributed by atoms with Gasteiger partial charge in [0, 0.05) is 19.2 Å². The third kappa shape index (κ3) is 1.80. The van der Waals surface area contributed by atoms with Gasteiger partial charge in [0.05, 0.1) is 6.10 Å². The summed E-state index contributed by atoms with van der Waals surface area (Å²) in [7, 11) is 0. The minimum atomic E-state index is 0.318. The minimum Gasteiger partial charge on any atom is -0.378 e. The van der Waals surface area contributed by atoms with Crippen molar-refractivity contribution in [1.29, 1.82) is 0 Å². The van der Waals surface area contributed by atoms with Crippen molar-refractivity contribution in [3.8, 4) is 0 Å². The molecule has 0 spiro atoms. The van der Waals surface area contributed by atoms with Crippen molar-refractivity contribution < 1.29 is 4.74 Å². The standard InChI is InChI=1S/C12H15N3O/c1-9-4-5-15-12(7-9)13-11(14-15)8-10-3-2-6-16-10/h4-5,7,10H,2-3,6,8H2,1H3.